The van der Waals surface area contributed by atoms with Gasteiger partial charge in [0.15, 0.2) is 0 Å². The van der Waals surface area contributed by atoms with Crippen LogP contribution in [0.25, 0.3) is 65.3 Å². The summed E-state index contributed by atoms with van der Waals surface area (Å²) in [6.07, 6.45) is 0. The molecule has 0 bridgehead atoms. The van der Waals surface area contributed by atoms with Crippen LogP contribution in [0.3, 0.4) is 0 Å². The Hall–Kier alpha value is -4.42. The fourth-order valence-corrected chi connectivity index (χ4v) is 6.05. The molecule has 0 heteroatoms. The summed E-state index contributed by atoms with van der Waals surface area (Å²) in [5.74, 6) is 0. The summed E-state index contributed by atoms with van der Waals surface area (Å²) in [5, 5.41) is 10.5. The Balaban J connectivity index is 1.64. The molecule has 0 N–H and O–H groups in total. The molecule has 0 aliphatic carbocycles. The van der Waals surface area contributed by atoms with Crippen molar-refractivity contribution in [3.05, 3.63) is 132 Å². The van der Waals surface area contributed by atoms with Crippen molar-refractivity contribution in [3.8, 4) is 22.3 Å². The zero-order chi connectivity index (χ0) is 24.2. The van der Waals surface area contributed by atoms with Crippen molar-refractivity contribution in [2.75, 3.05) is 0 Å². The molecule has 0 saturated carbocycles. The fraction of sp³-hybridized carbons (Fsp3) is 0.0556. The summed E-state index contributed by atoms with van der Waals surface area (Å²) in [5.41, 5.74) is 7.88. The smallest absolute Gasteiger partial charge is 0.00261 e. The second-order valence-corrected chi connectivity index (χ2v) is 9.76. The number of benzene rings is 7. The first-order valence-electron chi connectivity index (χ1n) is 12.6. The van der Waals surface area contributed by atoms with Crippen molar-refractivity contribution in [2.24, 2.45) is 0 Å². The third-order valence-corrected chi connectivity index (χ3v) is 7.89. The number of aryl methyl sites for hydroxylation is 2. The predicted molar refractivity (Wildman–Crippen MR) is 157 cm³/mol. The number of fused-ring (bicyclic) bond motifs is 5. The van der Waals surface area contributed by atoms with Crippen molar-refractivity contribution in [2.45, 2.75) is 13.8 Å². The summed E-state index contributed by atoms with van der Waals surface area (Å²) in [6, 6.07) is 44.5. The van der Waals surface area contributed by atoms with Crippen LogP contribution in [0.15, 0.2) is 121 Å². The highest BCUT2D eigenvalue weighted by Gasteiger charge is 2.17. The molecule has 0 saturated heterocycles. The second kappa shape index (κ2) is 8.07. The molecule has 36 heavy (non-hydrogen) atoms. The van der Waals surface area contributed by atoms with E-state index < -0.39 is 0 Å². The third kappa shape index (κ3) is 3.01. The molecule has 0 heterocycles. The van der Waals surface area contributed by atoms with Gasteiger partial charge in [-0.05, 0) is 96.4 Å². The van der Waals surface area contributed by atoms with Crippen molar-refractivity contribution < 1.29 is 0 Å². The van der Waals surface area contributed by atoms with Gasteiger partial charge in [0.25, 0.3) is 0 Å². The van der Waals surface area contributed by atoms with E-state index >= 15 is 0 Å². The van der Waals surface area contributed by atoms with Crippen LogP contribution in [0, 0.1) is 13.8 Å². The molecule has 0 aliphatic rings. The maximum Gasteiger partial charge on any atom is -0.00261 e. The lowest BCUT2D eigenvalue weighted by Gasteiger charge is -2.19. The number of rotatable bonds is 2. The minimum atomic E-state index is 1.26. The predicted octanol–water partition coefficient (Wildman–Crippen LogP) is 10.3. The van der Waals surface area contributed by atoms with Gasteiger partial charge in [-0.3, -0.25) is 0 Å². The van der Waals surface area contributed by atoms with Crippen LogP contribution in [0.2, 0.25) is 0 Å². The van der Waals surface area contributed by atoms with Crippen molar-refractivity contribution in [1.29, 1.82) is 0 Å². The molecular formula is C36H26. The van der Waals surface area contributed by atoms with E-state index in [1.165, 1.54) is 76.5 Å². The van der Waals surface area contributed by atoms with E-state index in [9.17, 15) is 0 Å². The molecule has 0 atom stereocenters. The molecule has 0 radical (unpaired) electrons. The molecule has 170 valence electrons. The van der Waals surface area contributed by atoms with Crippen LogP contribution in [0.5, 0.6) is 0 Å². The lowest BCUT2D eigenvalue weighted by Crippen LogP contribution is -1.92. The first kappa shape index (κ1) is 20.9. The number of hydrogen-bond acceptors (Lipinski definition) is 0. The van der Waals surface area contributed by atoms with Gasteiger partial charge in [-0.1, -0.05) is 115 Å². The van der Waals surface area contributed by atoms with E-state index in [-0.39, 0.29) is 0 Å². The molecule has 0 nitrogen and oxygen atoms in total. The summed E-state index contributed by atoms with van der Waals surface area (Å²) < 4.78 is 0. The molecule has 0 aliphatic heterocycles. The van der Waals surface area contributed by atoms with Gasteiger partial charge in [-0.2, -0.15) is 0 Å². The molecule has 0 amide bonds. The van der Waals surface area contributed by atoms with E-state index in [4.69, 9.17) is 0 Å². The summed E-state index contributed by atoms with van der Waals surface area (Å²) in [7, 11) is 0. The average molecular weight is 459 g/mol. The standard InChI is InChI=1S/C36H26/c1-23-24(2)28-21-20-26(22-34(28)29-15-7-6-14-27(23)29)36-32-18-10-8-16-30(32)35(25-12-4-3-5-13-25)31-17-9-11-19-33(31)36/h3-22H,1-2H3. The SMILES string of the molecule is Cc1c(C)c2ccc(-c3c4ccccc4c(-c4ccccc4)c4ccccc34)cc2c2ccccc12. The van der Waals surface area contributed by atoms with Crippen LogP contribution >= 0.6 is 0 Å². The lowest BCUT2D eigenvalue weighted by molar-refractivity contribution is 1.41. The molecular weight excluding hydrogens is 432 g/mol. The van der Waals surface area contributed by atoms with Crippen molar-refractivity contribution in [1.82, 2.24) is 0 Å². The van der Waals surface area contributed by atoms with Crippen molar-refractivity contribution in [3.63, 3.8) is 0 Å². The van der Waals surface area contributed by atoms with E-state index in [0.717, 1.165) is 0 Å². The second-order valence-electron chi connectivity index (χ2n) is 9.76. The van der Waals surface area contributed by atoms with Gasteiger partial charge in [-0.25, -0.2) is 0 Å². The molecule has 7 rings (SSSR count). The number of hydrogen-bond donors (Lipinski definition) is 0. The minimum absolute atomic E-state index is 1.26. The summed E-state index contributed by atoms with van der Waals surface area (Å²) in [6.45, 7) is 4.50. The lowest BCUT2D eigenvalue weighted by atomic mass is 9.85. The van der Waals surface area contributed by atoms with Gasteiger partial charge < -0.3 is 0 Å². The van der Waals surface area contributed by atoms with Crippen LogP contribution < -0.4 is 0 Å². The normalized spacial score (nSPS) is 11.6. The Morgan fingerprint density at radius 3 is 1.28 bits per heavy atom. The zero-order valence-electron chi connectivity index (χ0n) is 20.5. The van der Waals surface area contributed by atoms with Gasteiger partial charge in [0.1, 0.15) is 0 Å². The Labute approximate surface area is 211 Å². The third-order valence-electron chi connectivity index (χ3n) is 7.89. The van der Waals surface area contributed by atoms with Crippen LogP contribution in [-0.4, -0.2) is 0 Å². The largest absolute Gasteiger partial charge is 0.0622 e. The first-order chi connectivity index (χ1) is 17.7. The van der Waals surface area contributed by atoms with Gasteiger partial charge in [0.2, 0.25) is 0 Å². The summed E-state index contributed by atoms with van der Waals surface area (Å²) in [4.78, 5) is 0. The highest BCUT2D eigenvalue weighted by Crippen LogP contribution is 2.44. The van der Waals surface area contributed by atoms with Gasteiger partial charge in [0.05, 0.1) is 0 Å². The highest BCUT2D eigenvalue weighted by atomic mass is 14.2. The average Bonchev–Trinajstić information content (AvgIpc) is 2.94. The summed E-state index contributed by atoms with van der Waals surface area (Å²) >= 11 is 0. The highest BCUT2D eigenvalue weighted by molar-refractivity contribution is 6.22. The Bertz CT molecular complexity index is 1880. The van der Waals surface area contributed by atoms with E-state index in [1.54, 1.807) is 0 Å². The quantitative estimate of drug-likeness (QED) is 0.178. The molecule has 0 spiro atoms. The van der Waals surface area contributed by atoms with Crippen LogP contribution in [0.4, 0.5) is 0 Å². The molecule has 0 fully saturated rings. The monoisotopic (exact) mass is 458 g/mol. The Kier molecular flexibility index (Phi) is 4.69. The maximum atomic E-state index is 2.42. The Morgan fingerprint density at radius 1 is 0.306 bits per heavy atom. The zero-order valence-corrected chi connectivity index (χ0v) is 20.5. The van der Waals surface area contributed by atoms with Gasteiger partial charge in [-0.15, -0.1) is 0 Å². The topological polar surface area (TPSA) is 0 Å². The van der Waals surface area contributed by atoms with Gasteiger partial charge >= 0.3 is 0 Å². The van der Waals surface area contributed by atoms with Crippen LogP contribution in [-0.2, 0) is 0 Å². The molecule has 0 aromatic heterocycles. The van der Waals surface area contributed by atoms with Gasteiger partial charge in [0, 0.05) is 0 Å². The Morgan fingerprint density at radius 2 is 0.722 bits per heavy atom. The molecule has 7 aromatic carbocycles. The van der Waals surface area contributed by atoms with E-state index in [0.29, 0.717) is 0 Å². The molecule has 0 unspecified atom stereocenters. The first-order valence-corrected chi connectivity index (χ1v) is 12.6. The van der Waals surface area contributed by atoms with E-state index in [1.807, 2.05) is 0 Å². The van der Waals surface area contributed by atoms with Crippen molar-refractivity contribution >= 4 is 43.1 Å². The van der Waals surface area contributed by atoms with E-state index in [2.05, 4.69) is 135 Å². The maximum absolute atomic E-state index is 2.42. The van der Waals surface area contributed by atoms with Crippen LogP contribution in [0.1, 0.15) is 11.1 Å². The molecule has 7 aromatic rings. The fourth-order valence-electron chi connectivity index (χ4n) is 6.05. The minimum Gasteiger partial charge on any atom is -0.0622 e.